The number of hydrogen-bond donors (Lipinski definition) is 1. The number of rotatable bonds is 11. The summed E-state index contributed by atoms with van der Waals surface area (Å²) in [5.74, 6) is -1.02. The van der Waals surface area contributed by atoms with E-state index in [0.717, 1.165) is 20.9 Å². The molecule has 7 heteroatoms. The predicted octanol–water partition coefficient (Wildman–Crippen LogP) is 8.12. The van der Waals surface area contributed by atoms with Crippen molar-refractivity contribution in [3.63, 3.8) is 0 Å². The first-order valence-corrected chi connectivity index (χ1v) is 15.4. The monoisotopic (exact) mass is 594 g/mol. The van der Waals surface area contributed by atoms with Crippen LogP contribution < -0.4 is 4.74 Å². The Morgan fingerprint density at radius 2 is 1.48 bits per heavy atom. The SMILES string of the molecule is O=C1OCC(C(Sc2ccccc2)(Sc2ccccc2)c2ccoc2)C1C(O)c1cccc(OCc2ccccc2)c1. The van der Waals surface area contributed by atoms with E-state index in [1.165, 1.54) is 0 Å². The summed E-state index contributed by atoms with van der Waals surface area (Å²) in [6.07, 6.45) is 2.28. The summed E-state index contributed by atoms with van der Waals surface area (Å²) < 4.78 is 16.6. The molecule has 1 aliphatic rings. The van der Waals surface area contributed by atoms with Crippen molar-refractivity contribution in [3.8, 4) is 5.75 Å². The second-order valence-corrected chi connectivity index (χ2v) is 13.0. The Morgan fingerprint density at radius 3 is 2.10 bits per heavy atom. The number of benzene rings is 4. The van der Waals surface area contributed by atoms with Crippen LogP contribution in [0.25, 0.3) is 0 Å². The van der Waals surface area contributed by atoms with Crippen LogP contribution in [0.1, 0.15) is 22.8 Å². The van der Waals surface area contributed by atoms with Crippen LogP contribution in [0.3, 0.4) is 0 Å². The molecule has 0 saturated carbocycles. The molecule has 4 aromatic carbocycles. The lowest BCUT2D eigenvalue weighted by atomic mass is 9.82. The molecular weight excluding hydrogens is 565 g/mol. The smallest absolute Gasteiger partial charge is 0.312 e. The van der Waals surface area contributed by atoms with E-state index in [1.54, 1.807) is 36.1 Å². The first-order chi connectivity index (χ1) is 20.6. The quantitative estimate of drug-likeness (QED) is 0.0941. The minimum Gasteiger partial charge on any atom is -0.489 e. The molecule has 0 spiro atoms. The lowest BCUT2D eigenvalue weighted by molar-refractivity contribution is -0.144. The number of aliphatic hydroxyl groups is 1. The van der Waals surface area contributed by atoms with Gasteiger partial charge in [0.1, 0.15) is 16.4 Å². The van der Waals surface area contributed by atoms with E-state index in [4.69, 9.17) is 13.9 Å². The Hall–Kier alpha value is -3.91. The largest absolute Gasteiger partial charge is 0.489 e. The third-order valence-corrected chi connectivity index (χ3v) is 10.5. The number of aliphatic hydroxyl groups excluding tert-OH is 1. The van der Waals surface area contributed by atoms with Crippen molar-refractivity contribution in [3.05, 3.63) is 151 Å². The lowest BCUT2D eigenvalue weighted by Crippen LogP contribution is -2.37. The van der Waals surface area contributed by atoms with E-state index >= 15 is 0 Å². The van der Waals surface area contributed by atoms with Crippen molar-refractivity contribution in [2.45, 2.75) is 26.6 Å². The Bertz CT molecular complexity index is 1530. The van der Waals surface area contributed by atoms with Crippen molar-refractivity contribution >= 4 is 29.5 Å². The summed E-state index contributed by atoms with van der Waals surface area (Å²) in [6, 6.07) is 39.4. The maximum absolute atomic E-state index is 13.5. The van der Waals surface area contributed by atoms with Gasteiger partial charge in [0.15, 0.2) is 0 Å². The van der Waals surface area contributed by atoms with Gasteiger partial charge in [-0.3, -0.25) is 4.79 Å². The molecule has 5 nitrogen and oxygen atoms in total. The van der Waals surface area contributed by atoms with Gasteiger partial charge in [-0.25, -0.2) is 0 Å². The van der Waals surface area contributed by atoms with Gasteiger partial charge in [0, 0.05) is 21.3 Å². The zero-order valence-electron chi connectivity index (χ0n) is 22.7. The molecule has 42 heavy (non-hydrogen) atoms. The van der Waals surface area contributed by atoms with Crippen LogP contribution in [0.4, 0.5) is 0 Å². The zero-order chi connectivity index (χ0) is 28.8. The first kappa shape index (κ1) is 28.2. The van der Waals surface area contributed by atoms with Gasteiger partial charge in [-0.15, -0.1) is 23.5 Å². The highest BCUT2D eigenvalue weighted by atomic mass is 32.2. The summed E-state index contributed by atoms with van der Waals surface area (Å²) in [4.78, 5) is 15.5. The van der Waals surface area contributed by atoms with Crippen molar-refractivity contribution in [2.24, 2.45) is 11.8 Å². The Kier molecular flexibility index (Phi) is 8.70. The van der Waals surface area contributed by atoms with Crippen LogP contribution in [0.15, 0.2) is 148 Å². The molecule has 1 aromatic heterocycles. The third-order valence-electron chi connectivity index (χ3n) is 7.34. The van der Waals surface area contributed by atoms with Crippen molar-refractivity contribution in [2.75, 3.05) is 6.61 Å². The maximum atomic E-state index is 13.5. The predicted molar refractivity (Wildman–Crippen MR) is 165 cm³/mol. The van der Waals surface area contributed by atoms with Crippen LogP contribution in [-0.4, -0.2) is 17.7 Å². The number of hydrogen-bond acceptors (Lipinski definition) is 7. The second kappa shape index (κ2) is 12.9. The molecule has 0 aliphatic carbocycles. The number of cyclic esters (lactones) is 1. The van der Waals surface area contributed by atoms with E-state index in [9.17, 15) is 9.90 Å². The van der Waals surface area contributed by atoms with E-state index < -0.39 is 28.0 Å². The molecule has 212 valence electrons. The first-order valence-electron chi connectivity index (χ1n) is 13.7. The highest BCUT2D eigenvalue weighted by Gasteiger charge is 2.55. The molecule has 2 heterocycles. The number of esters is 1. The highest BCUT2D eigenvalue weighted by Crippen LogP contribution is 2.61. The fourth-order valence-electron chi connectivity index (χ4n) is 5.26. The fourth-order valence-corrected chi connectivity index (χ4v) is 8.49. The van der Waals surface area contributed by atoms with Gasteiger partial charge in [-0.05, 0) is 53.6 Å². The molecule has 1 aliphatic heterocycles. The van der Waals surface area contributed by atoms with Gasteiger partial charge < -0.3 is 19.0 Å². The molecule has 0 amide bonds. The molecule has 3 unspecified atom stereocenters. The third kappa shape index (κ3) is 6.14. The van der Waals surface area contributed by atoms with Crippen LogP contribution in [0.2, 0.25) is 0 Å². The number of carbonyl (C=O) groups is 1. The highest BCUT2D eigenvalue weighted by molar-refractivity contribution is 8.17. The standard InChI is InChI=1S/C35H30O5S2/c36-33(26-13-10-14-28(21-26)39-22-25-11-4-1-5-12-25)32-31(24-40-34(32)37)35(27-19-20-38-23-27,41-29-15-6-2-7-16-29)42-30-17-8-3-9-18-30/h1-21,23,31-33,36H,22,24H2. The Morgan fingerprint density at radius 1 is 0.833 bits per heavy atom. The summed E-state index contributed by atoms with van der Waals surface area (Å²) >= 11 is 3.30. The van der Waals surface area contributed by atoms with Crippen molar-refractivity contribution in [1.82, 2.24) is 0 Å². The van der Waals surface area contributed by atoms with Gasteiger partial charge in [-0.1, -0.05) is 78.9 Å². The second-order valence-electron chi connectivity index (χ2n) is 10.1. The molecule has 0 bridgehead atoms. The van der Waals surface area contributed by atoms with Gasteiger partial charge in [-0.2, -0.15) is 0 Å². The molecule has 1 N–H and O–H groups in total. The van der Waals surface area contributed by atoms with E-state index in [2.05, 4.69) is 24.3 Å². The lowest BCUT2D eigenvalue weighted by Gasteiger charge is -2.39. The Balaban J connectivity index is 1.37. The minimum absolute atomic E-state index is 0.162. The molecule has 6 rings (SSSR count). The number of carbonyl (C=O) groups excluding carboxylic acids is 1. The molecule has 1 fully saturated rings. The Labute approximate surface area is 253 Å². The maximum Gasteiger partial charge on any atom is 0.312 e. The van der Waals surface area contributed by atoms with Crippen LogP contribution in [-0.2, 0) is 20.2 Å². The van der Waals surface area contributed by atoms with E-state index in [1.807, 2.05) is 97.1 Å². The summed E-state index contributed by atoms with van der Waals surface area (Å²) in [5.41, 5.74) is 2.55. The molecule has 5 aromatic rings. The van der Waals surface area contributed by atoms with E-state index in [0.29, 0.717) is 17.9 Å². The number of thioether (sulfide) groups is 2. The average Bonchev–Trinajstić information content (AvgIpc) is 3.72. The molecule has 3 atom stereocenters. The number of furan rings is 1. The summed E-state index contributed by atoms with van der Waals surface area (Å²) in [7, 11) is 0. The molecular formula is C35H30O5S2. The fraction of sp³-hybridized carbons (Fsp3) is 0.171. The van der Waals surface area contributed by atoms with Gasteiger partial charge in [0.05, 0.1) is 31.2 Å². The van der Waals surface area contributed by atoms with Gasteiger partial charge in [0.25, 0.3) is 0 Å². The number of ether oxygens (including phenoxy) is 2. The van der Waals surface area contributed by atoms with Crippen LogP contribution >= 0.6 is 23.5 Å². The van der Waals surface area contributed by atoms with E-state index in [-0.39, 0.29) is 6.61 Å². The van der Waals surface area contributed by atoms with Crippen molar-refractivity contribution in [1.29, 1.82) is 0 Å². The normalized spacial score (nSPS) is 17.5. The van der Waals surface area contributed by atoms with Crippen LogP contribution in [0.5, 0.6) is 5.75 Å². The summed E-state index contributed by atoms with van der Waals surface area (Å²) in [5, 5.41) is 11.9. The molecule has 0 radical (unpaired) electrons. The molecule has 1 saturated heterocycles. The zero-order valence-corrected chi connectivity index (χ0v) is 24.4. The summed E-state index contributed by atoms with van der Waals surface area (Å²) in [6.45, 7) is 0.565. The van der Waals surface area contributed by atoms with Crippen LogP contribution in [0, 0.1) is 11.8 Å². The minimum atomic E-state index is -1.11. The topological polar surface area (TPSA) is 68.9 Å². The van der Waals surface area contributed by atoms with Crippen molar-refractivity contribution < 1.29 is 23.8 Å². The van der Waals surface area contributed by atoms with Gasteiger partial charge >= 0.3 is 5.97 Å². The average molecular weight is 595 g/mol. The van der Waals surface area contributed by atoms with Gasteiger partial charge in [0.2, 0.25) is 0 Å².